The summed E-state index contributed by atoms with van der Waals surface area (Å²) in [5.41, 5.74) is 2.21. The van der Waals surface area contributed by atoms with Crippen LogP contribution in [-0.2, 0) is 9.47 Å². The number of hydrogen-bond acceptors (Lipinski definition) is 7. The van der Waals surface area contributed by atoms with Crippen LogP contribution in [0.3, 0.4) is 0 Å². The van der Waals surface area contributed by atoms with Crippen molar-refractivity contribution in [1.82, 2.24) is 9.97 Å². The van der Waals surface area contributed by atoms with Gasteiger partial charge in [-0.25, -0.2) is 14.4 Å². The first-order valence-electron chi connectivity index (χ1n) is 9.06. The second kappa shape index (κ2) is 10.0. The number of ether oxygens (including phenoxy) is 3. The minimum atomic E-state index is -0.479. The Bertz CT molecular complexity index is 868. The maximum absolute atomic E-state index is 11.9. The van der Waals surface area contributed by atoms with Gasteiger partial charge >= 0.3 is 0 Å². The number of oxazole rings is 1. The number of pyridine rings is 1. The molecule has 8 heteroatoms. The third-order valence-corrected chi connectivity index (χ3v) is 3.90. The van der Waals surface area contributed by atoms with Crippen molar-refractivity contribution in [2.24, 2.45) is 0 Å². The highest BCUT2D eigenvalue weighted by Gasteiger charge is 2.10. The van der Waals surface area contributed by atoms with Crippen molar-refractivity contribution in [2.45, 2.75) is 0 Å². The van der Waals surface area contributed by atoms with Gasteiger partial charge in [-0.05, 0) is 24.3 Å². The highest BCUT2D eigenvalue weighted by atomic mass is 18.2. The van der Waals surface area contributed by atoms with Crippen molar-refractivity contribution in [3.05, 3.63) is 36.5 Å². The van der Waals surface area contributed by atoms with Crippen LogP contribution in [0, 0.1) is 0 Å². The summed E-state index contributed by atoms with van der Waals surface area (Å²) in [6.07, 6.45) is 1.74. The Morgan fingerprint density at radius 2 is 1.79 bits per heavy atom. The SMILES string of the molecule is CN(C)c1ccc(-c2nc3cc(OCCOCCOCC[18F])ccc3o2)cn1. The maximum atomic E-state index is 11.9. The molecule has 0 aliphatic carbocycles. The number of fused-ring (bicyclic) bond motifs is 1. The molecule has 7 nitrogen and oxygen atoms in total. The molecule has 0 bridgehead atoms. The van der Waals surface area contributed by atoms with Crippen LogP contribution in [0.25, 0.3) is 22.6 Å². The van der Waals surface area contributed by atoms with E-state index in [1.54, 1.807) is 6.20 Å². The largest absolute Gasteiger partial charge is 0.491 e. The van der Waals surface area contributed by atoms with E-state index in [4.69, 9.17) is 18.6 Å². The maximum Gasteiger partial charge on any atom is 0.228 e. The highest BCUT2D eigenvalue weighted by Crippen LogP contribution is 2.27. The quantitative estimate of drug-likeness (QED) is 0.467. The predicted molar refractivity (Wildman–Crippen MR) is 105 cm³/mol. The summed E-state index contributed by atoms with van der Waals surface area (Å²) in [5.74, 6) is 2.07. The van der Waals surface area contributed by atoms with E-state index in [2.05, 4.69) is 9.97 Å². The van der Waals surface area contributed by atoms with Crippen LogP contribution in [0.15, 0.2) is 40.9 Å². The molecule has 150 valence electrons. The van der Waals surface area contributed by atoms with Crippen LogP contribution in [0.4, 0.5) is 10.2 Å². The number of nitrogens with zero attached hydrogens (tertiary/aromatic N) is 3. The van der Waals surface area contributed by atoms with Gasteiger partial charge in [0.1, 0.15) is 30.4 Å². The molecule has 3 rings (SSSR count). The van der Waals surface area contributed by atoms with Crippen LogP contribution in [-0.4, -0.2) is 63.8 Å². The molecule has 1 aromatic carbocycles. The summed E-state index contributed by atoms with van der Waals surface area (Å²) >= 11 is 0. The number of aromatic nitrogens is 2. The fourth-order valence-corrected chi connectivity index (χ4v) is 2.49. The first-order chi connectivity index (χ1) is 13.7. The Labute approximate surface area is 163 Å². The number of anilines is 1. The molecule has 0 fully saturated rings. The molecule has 2 heterocycles. The van der Waals surface area contributed by atoms with Gasteiger partial charge in [0, 0.05) is 26.4 Å². The molecule has 3 aromatic rings. The van der Waals surface area contributed by atoms with Crippen LogP contribution < -0.4 is 9.64 Å². The van der Waals surface area contributed by atoms with Gasteiger partial charge < -0.3 is 23.5 Å². The van der Waals surface area contributed by atoms with Gasteiger partial charge in [-0.1, -0.05) is 0 Å². The lowest BCUT2D eigenvalue weighted by molar-refractivity contribution is 0.0325. The molecule has 2 aromatic heterocycles. The molecule has 0 radical (unpaired) electrons. The zero-order valence-corrected chi connectivity index (χ0v) is 16.1. The Morgan fingerprint density at radius 1 is 1.00 bits per heavy atom. The first-order valence-corrected chi connectivity index (χ1v) is 9.06. The van der Waals surface area contributed by atoms with Gasteiger partial charge in [0.15, 0.2) is 5.58 Å². The summed E-state index contributed by atoms with van der Waals surface area (Å²) in [4.78, 5) is 10.8. The summed E-state index contributed by atoms with van der Waals surface area (Å²) in [5, 5.41) is 0. The molecule has 28 heavy (non-hydrogen) atoms. The lowest BCUT2D eigenvalue weighted by Crippen LogP contribution is -2.11. The minimum Gasteiger partial charge on any atom is -0.491 e. The van der Waals surface area contributed by atoms with Crippen molar-refractivity contribution in [3.8, 4) is 17.2 Å². The van der Waals surface area contributed by atoms with Crippen LogP contribution in [0.5, 0.6) is 5.75 Å². The molecule has 0 atom stereocenters. The van der Waals surface area contributed by atoms with E-state index in [9.17, 15) is 4.39 Å². The average Bonchev–Trinajstić information content (AvgIpc) is 3.13. The van der Waals surface area contributed by atoms with E-state index in [0.29, 0.717) is 49.2 Å². The zero-order valence-electron chi connectivity index (χ0n) is 16.1. The van der Waals surface area contributed by atoms with Gasteiger partial charge in [-0.2, -0.15) is 0 Å². The van der Waals surface area contributed by atoms with Crippen LogP contribution >= 0.6 is 0 Å². The lowest BCUT2D eigenvalue weighted by Gasteiger charge is -2.10. The van der Waals surface area contributed by atoms with Gasteiger partial charge in [0.25, 0.3) is 0 Å². The topological polar surface area (TPSA) is 69.9 Å². The Hall–Kier alpha value is -2.71. The minimum absolute atomic E-state index is 0.107. The molecule has 0 saturated heterocycles. The highest BCUT2D eigenvalue weighted by molar-refractivity contribution is 5.77. The van der Waals surface area contributed by atoms with Crippen LogP contribution in [0.2, 0.25) is 0 Å². The van der Waals surface area contributed by atoms with Crippen molar-refractivity contribution in [3.63, 3.8) is 0 Å². The predicted octanol–water partition coefficient (Wildman–Crippen LogP) is 3.34. The molecule has 0 N–H and O–H groups in total. The Morgan fingerprint density at radius 3 is 2.50 bits per heavy atom. The summed E-state index contributed by atoms with van der Waals surface area (Å²) in [7, 11) is 3.88. The number of rotatable bonds is 11. The third kappa shape index (κ3) is 5.40. The lowest BCUT2D eigenvalue weighted by atomic mass is 10.3. The molecule has 0 saturated carbocycles. The van der Waals surface area contributed by atoms with Crippen molar-refractivity contribution in [1.29, 1.82) is 0 Å². The van der Waals surface area contributed by atoms with Gasteiger partial charge in [0.05, 0.1) is 32.0 Å². The number of hydrogen-bond donors (Lipinski definition) is 0. The van der Waals surface area contributed by atoms with Gasteiger partial charge in [-0.3, -0.25) is 0 Å². The van der Waals surface area contributed by atoms with Gasteiger partial charge in [0.2, 0.25) is 5.89 Å². The van der Waals surface area contributed by atoms with Crippen molar-refractivity contribution < 1.29 is 23.0 Å². The molecule has 0 amide bonds. The number of halogens is 1. The van der Waals surface area contributed by atoms with Gasteiger partial charge in [-0.15, -0.1) is 0 Å². The van der Waals surface area contributed by atoms with Crippen LogP contribution in [0.1, 0.15) is 0 Å². The zero-order chi connectivity index (χ0) is 19.8. The van der Waals surface area contributed by atoms with E-state index in [-0.39, 0.29) is 6.61 Å². The Kier molecular flexibility index (Phi) is 7.16. The molecule has 0 unspecified atom stereocenters. The molecule has 0 spiro atoms. The van der Waals surface area contributed by atoms with Crippen molar-refractivity contribution in [2.75, 3.05) is 58.7 Å². The first kappa shape index (κ1) is 20.0. The Balaban J connectivity index is 1.54. The summed E-state index contributed by atoms with van der Waals surface area (Å²) < 4.78 is 33.7. The summed E-state index contributed by atoms with van der Waals surface area (Å²) in [6, 6.07) is 9.33. The van der Waals surface area contributed by atoms with E-state index in [0.717, 1.165) is 11.4 Å². The van der Waals surface area contributed by atoms with E-state index >= 15 is 0 Å². The van der Waals surface area contributed by atoms with E-state index in [1.165, 1.54) is 0 Å². The fraction of sp³-hybridized carbons (Fsp3) is 0.400. The third-order valence-electron chi connectivity index (χ3n) is 3.90. The second-order valence-corrected chi connectivity index (χ2v) is 6.21. The molecular formula is C20H24FN3O4. The molecular weight excluding hydrogens is 364 g/mol. The molecule has 0 aliphatic heterocycles. The number of benzene rings is 1. The summed E-state index contributed by atoms with van der Waals surface area (Å²) in [6.45, 7) is 1.24. The standard InChI is InChI=1S/C20H24FN3O4/c1-24(2)19-6-3-15(14-22-19)20-23-17-13-16(4-5-18(17)28-20)27-12-11-26-10-9-25-8-7-21/h3-6,13-14H,7-12H2,1-2H3/i21-1. The monoisotopic (exact) mass is 388 g/mol. The fourth-order valence-electron chi connectivity index (χ4n) is 2.49. The van der Waals surface area contributed by atoms with Crippen molar-refractivity contribution >= 4 is 16.9 Å². The molecule has 0 aliphatic rings. The van der Waals surface area contributed by atoms with E-state index < -0.39 is 6.67 Å². The average molecular weight is 388 g/mol. The smallest absolute Gasteiger partial charge is 0.228 e. The number of alkyl halides is 1. The second-order valence-electron chi connectivity index (χ2n) is 6.21. The van der Waals surface area contributed by atoms with E-state index in [1.807, 2.05) is 49.3 Å². The normalized spacial score (nSPS) is 11.1.